The van der Waals surface area contributed by atoms with E-state index < -0.39 is 0 Å². The maximum Gasteiger partial charge on any atom is 0.115 e. The molecule has 0 radical (unpaired) electrons. The highest BCUT2D eigenvalue weighted by Gasteiger charge is 2.26. The van der Waals surface area contributed by atoms with Gasteiger partial charge in [0.05, 0.1) is 0 Å². The van der Waals surface area contributed by atoms with Crippen LogP contribution in [0.1, 0.15) is 29.9 Å². The number of phenols is 1. The molecule has 0 bridgehead atoms. The number of rotatable bonds is 2. The summed E-state index contributed by atoms with van der Waals surface area (Å²) >= 11 is 0. The zero-order valence-corrected chi connectivity index (χ0v) is 8.95. The van der Waals surface area contributed by atoms with E-state index in [0.717, 1.165) is 6.42 Å². The number of hydrogen-bond acceptors (Lipinski definition) is 2. The van der Waals surface area contributed by atoms with Crippen molar-refractivity contribution in [1.29, 1.82) is 0 Å². The topological polar surface area (TPSA) is 23.5 Å². The van der Waals surface area contributed by atoms with Gasteiger partial charge < -0.3 is 10.0 Å². The summed E-state index contributed by atoms with van der Waals surface area (Å²) in [4.78, 5) is 2.53. The molecule has 1 saturated heterocycles. The molecule has 1 aromatic carbocycles. The van der Waals surface area contributed by atoms with Gasteiger partial charge in [0.1, 0.15) is 5.75 Å². The van der Waals surface area contributed by atoms with Crippen molar-refractivity contribution in [2.24, 2.45) is 0 Å². The molecule has 3 rings (SSSR count). The Morgan fingerprint density at radius 1 is 1.33 bits per heavy atom. The van der Waals surface area contributed by atoms with Crippen LogP contribution >= 0.6 is 0 Å². The molecular weight excluding hydrogens is 186 g/mol. The van der Waals surface area contributed by atoms with Gasteiger partial charge in [0.2, 0.25) is 0 Å². The van der Waals surface area contributed by atoms with Crippen molar-refractivity contribution in [3.8, 4) is 5.75 Å². The van der Waals surface area contributed by atoms with Crippen LogP contribution < -0.4 is 0 Å². The SMILES string of the molecule is Oc1ccc2c(c1)CCC2CN1CCC1. The molecule has 15 heavy (non-hydrogen) atoms. The standard InChI is InChI=1S/C13H17NO/c15-12-4-5-13-10(8-12)2-3-11(13)9-14-6-1-7-14/h4-5,8,11,15H,1-3,6-7,9H2. The predicted octanol–water partition coefficient (Wildman–Crippen LogP) is 2.13. The summed E-state index contributed by atoms with van der Waals surface area (Å²) in [6, 6.07) is 5.88. The fourth-order valence-corrected chi connectivity index (χ4v) is 2.76. The Kier molecular flexibility index (Phi) is 2.17. The summed E-state index contributed by atoms with van der Waals surface area (Å²) < 4.78 is 0. The van der Waals surface area contributed by atoms with E-state index in [0.29, 0.717) is 11.7 Å². The zero-order chi connectivity index (χ0) is 10.3. The lowest BCUT2D eigenvalue weighted by molar-refractivity contribution is 0.169. The Hall–Kier alpha value is -1.02. The molecule has 0 saturated carbocycles. The Bertz CT molecular complexity index is 371. The molecule has 2 heteroatoms. The van der Waals surface area contributed by atoms with Crippen LogP contribution in [0.5, 0.6) is 5.75 Å². The number of phenolic OH excluding ortho intramolecular Hbond substituents is 1. The molecular formula is C13H17NO. The maximum absolute atomic E-state index is 9.41. The summed E-state index contributed by atoms with van der Waals surface area (Å²) in [7, 11) is 0. The lowest BCUT2D eigenvalue weighted by Gasteiger charge is -2.33. The quantitative estimate of drug-likeness (QED) is 0.796. The van der Waals surface area contributed by atoms with Crippen molar-refractivity contribution >= 4 is 0 Å². The van der Waals surface area contributed by atoms with E-state index in [-0.39, 0.29) is 0 Å². The number of hydrogen-bond donors (Lipinski definition) is 1. The maximum atomic E-state index is 9.41. The van der Waals surface area contributed by atoms with Crippen molar-refractivity contribution in [2.45, 2.75) is 25.2 Å². The van der Waals surface area contributed by atoms with E-state index in [1.165, 1.54) is 43.6 Å². The Balaban J connectivity index is 1.78. The average Bonchev–Trinajstić information content (AvgIpc) is 2.54. The Morgan fingerprint density at radius 3 is 2.93 bits per heavy atom. The van der Waals surface area contributed by atoms with Gasteiger partial charge in [-0.15, -0.1) is 0 Å². The van der Waals surface area contributed by atoms with Crippen LogP contribution in [0.2, 0.25) is 0 Å². The normalized spacial score (nSPS) is 24.9. The van der Waals surface area contributed by atoms with Gasteiger partial charge in [-0.2, -0.15) is 0 Å². The second-order valence-electron chi connectivity index (χ2n) is 4.77. The first-order valence-corrected chi connectivity index (χ1v) is 5.87. The second-order valence-corrected chi connectivity index (χ2v) is 4.77. The van der Waals surface area contributed by atoms with Gasteiger partial charge in [0.25, 0.3) is 0 Å². The highest BCUT2D eigenvalue weighted by Crippen LogP contribution is 2.36. The van der Waals surface area contributed by atoms with Gasteiger partial charge in [0.15, 0.2) is 0 Å². The van der Waals surface area contributed by atoms with Crippen LogP contribution in [-0.4, -0.2) is 29.6 Å². The molecule has 1 aliphatic heterocycles. The predicted molar refractivity (Wildman–Crippen MR) is 60.2 cm³/mol. The lowest BCUT2D eigenvalue weighted by atomic mass is 9.99. The monoisotopic (exact) mass is 203 g/mol. The van der Waals surface area contributed by atoms with E-state index in [2.05, 4.69) is 11.0 Å². The van der Waals surface area contributed by atoms with Crippen LogP contribution in [0, 0.1) is 0 Å². The van der Waals surface area contributed by atoms with E-state index in [4.69, 9.17) is 0 Å². The van der Waals surface area contributed by atoms with Crippen LogP contribution in [0.15, 0.2) is 18.2 Å². The molecule has 1 unspecified atom stereocenters. The fraction of sp³-hybridized carbons (Fsp3) is 0.538. The van der Waals surface area contributed by atoms with Gasteiger partial charge in [-0.3, -0.25) is 0 Å². The number of aromatic hydroxyl groups is 1. The first-order chi connectivity index (χ1) is 7.33. The van der Waals surface area contributed by atoms with Crippen molar-refractivity contribution in [1.82, 2.24) is 4.90 Å². The van der Waals surface area contributed by atoms with Gasteiger partial charge >= 0.3 is 0 Å². The van der Waals surface area contributed by atoms with Gasteiger partial charge in [-0.05, 0) is 61.5 Å². The van der Waals surface area contributed by atoms with Crippen molar-refractivity contribution < 1.29 is 5.11 Å². The third-order valence-corrected chi connectivity index (χ3v) is 3.76. The largest absolute Gasteiger partial charge is 0.508 e. The van der Waals surface area contributed by atoms with Crippen LogP contribution in [0.4, 0.5) is 0 Å². The van der Waals surface area contributed by atoms with Crippen molar-refractivity contribution in [3.05, 3.63) is 29.3 Å². The van der Waals surface area contributed by atoms with Crippen LogP contribution in [-0.2, 0) is 6.42 Å². The highest BCUT2D eigenvalue weighted by atomic mass is 16.3. The van der Waals surface area contributed by atoms with Crippen molar-refractivity contribution in [3.63, 3.8) is 0 Å². The van der Waals surface area contributed by atoms with Crippen molar-refractivity contribution in [2.75, 3.05) is 19.6 Å². The molecule has 1 atom stereocenters. The first-order valence-electron chi connectivity index (χ1n) is 5.87. The summed E-state index contributed by atoms with van der Waals surface area (Å²) in [5.41, 5.74) is 2.83. The van der Waals surface area contributed by atoms with E-state index in [1.807, 2.05) is 12.1 Å². The molecule has 1 aliphatic carbocycles. The molecule has 1 N–H and O–H groups in total. The fourth-order valence-electron chi connectivity index (χ4n) is 2.76. The Morgan fingerprint density at radius 2 is 2.20 bits per heavy atom. The number of benzene rings is 1. The minimum absolute atomic E-state index is 0.415. The number of fused-ring (bicyclic) bond motifs is 1. The number of nitrogens with zero attached hydrogens (tertiary/aromatic N) is 1. The number of aryl methyl sites for hydroxylation is 1. The van der Waals surface area contributed by atoms with Gasteiger partial charge in [-0.1, -0.05) is 6.07 Å². The molecule has 0 spiro atoms. The number of likely N-dealkylation sites (tertiary alicyclic amines) is 1. The lowest BCUT2D eigenvalue weighted by Crippen LogP contribution is -2.39. The third-order valence-electron chi connectivity index (χ3n) is 3.76. The molecule has 2 nitrogen and oxygen atoms in total. The van der Waals surface area contributed by atoms with E-state index >= 15 is 0 Å². The molecule has 1 aromatic rings. The minimum Gasteiger partial charge on any atom is -0.508 e. The average molecular weight is 203 g/mol. The smallest absolute Gasteiger partial charge is 0.115 e. The summed E-state index contributed by atoms with van der Waals surface area (Å²) in [5, 5.41) is 9.41. The molecule has 80 valence electrons. The second kappa shape index (κ2) is 3.53. The summed E-state index contributed by atoms with van der Waals surface area (Å²) in [6.45, 7) is 3.78. The molecule has 2 aliphatic rings. The summed E-state index contributed by atoms with van der Waals surface area (Å²) in [6.07, 6.45) is 3.77. The molecule has 0 amide bonds. The first kappa shape index (κ1) is 9.22. The summed E-state index contributed by atoms with van der Waals surface area (Å²) in [5.74, 6) is 1.12. The zero-order valence-electron chi connectivity index (χ0n) is 8.95. The highest BCUT2D eigenvalue weighted by molar-refractivity contribution is 5.40. The van der Waals surface area contributed by atoms with Gasteiger partial charge in [-0.25, -0.2) is 0 Å². The minimum atomic E-state index is 0.415. The van der Waals surface area contributed by atoms with Crippen LogP contribution in [0.3, 0.4) is 0 Å². The van der Waals surface area contributed by atoms with Gasteiger partial charge in [0, 0.05) is 6.54 Å². The third kappa shape index (κ3) is 1.63. The molecule has 1 heterocycles. The van der Waals surface area contributed by atoms with E-state index in [9.17, 15) is 5.11 Å². The Labute approximate surface area is 90.5 Å². The van der Waals surface area contributed by atoms with E-state index in [1.54, 1.807) is 0 Å². The molecule has 0 aromatic heterocycles. The molecule has 1 fully saturated rings. The van der Waals surface area contributed by atoms with Crippen LogP contribution in [0.25, 0.3) is 0 Å².